The van der Waals surface area contributed by atoms with Gasteiger partial charge in [0, 0.05) is 29.2 Å². The van der Waals surface area contributed by atoms with Crippen molar-refractivity contribution < 1.29 is 8.78 Å². The molecule has 0 unspecified atom stereocenters. The maximum atomic E-state index is 13.9. The van der Waals surface area contributed by atoms with E-state index in [-0.39, 0.29) is 16.9 Å². The van der Waals surface area contributed by atoms with Gasteiger partial charge >= 0.3 is 0 Å². The van der Waals surface area contributed by atoms with Crippen molar-refractivity contribution in [2.24, 2.45) is 0 Å². The molecular formula is C16H11F2N3. The fourth-order valence-corrected chi connectivity index (χ4v) is 1.72. The monoisotopic (exact) mass is 283 g/mol. The smallest absolute Gasteiger partial charge is 0.132 e. The number of rotatable bonds is 4. The average Bonchev–Trinajstić information content (AvgIpc) is 2.50. The van der Waals surface area contributed by atoms with Gasteiger partial charge in [-0.1, -0.05) is 6.07 Å². The molecule has 21 heavy (non-hydrogen) atoms. The predicted octanol–water partition coefficient (Wildman–Crippen LogP) is 3.94. The highest BCUT2D eigenvalue weighted by Gasteiger charge is 2.07. The second-order valence-corrected chi connectivity index (χ2v) is 4.20. The summed E-state index contributed by atoms with van der Waals surface area (Å²) >= 11 is 0. The highest BCUT2D eigenvalue weighted by Crippen LogP contribution is 2.19. The first-order valence-electron chi connectivity index (χ1n) is 6.07. The zero-order chi connectivity index (χ0) is 15.2. The minimum absolute atomic E-state index is 0.207. The lowest BCUT2D eigenvalue weighted by Crippen LogP contribution is -1.96. The topological polar surface area (TPSA) is 59.7 Å². The molecule has 0 aliphatic carbocycles. The van der Waals surface area contributed by atoms with Gasteiger partial charge < -0.3 is 10.7 Å². The summed E-state index contributed by atoms with van der Waals surface area (Å²) in [7, 11) is 0. The third-order valence-electron chi connectivity index (χ3n) is 2.80. The van der Waals surface area contributed by atoms with Crippen LogP contribution in [0.5, 0.6) is 0 Å². The van der Waals surface area contributed by atoms with Crippen molar-refractivity contribution in [2.45, 2.75) is 0 Å². The van der Waals surface area contributed by atoms with E-state index < -0.39 is 5.82 Å². The van der Waals surface area contributed by atoms with Gasteiger partial charge in [-0.05, 0) is 36.4 Å². The number of halogens is 2. The fraction of sp³-hybridized carbons (Fsp3) is 0. The molecule has 0 aromatic heterocycles. The highest BCUT2D eigenvalue weighted by atomic mass is 19.1. The van der Waals surface area contributed by atoms with E-state index in [9.17, 15) is 8.78 Å². The quantitative estimate of drug-likeness (QED) is 0.835. The van der Waals surface area contributed by atoms with Gasteiger partial charge in [-0.15, -0.1) is 0 Å². The summed E-state index contributed by atoms with van der Waals surface area (Å²) < 4.78 is 26.7. The Labute approximate surface area is 120 Å². The van der Waals surface area contributed by atoms with Crippen LogP contribution in [0.1, 0.15) is 11.1 Å². The molecule has 0 bridgehead atoms. The van der Waals surface area contributed by atoms with Crippen LogP contribution in [0.25, 0.3) is 5.57 Å². The summed E-state index contributed by atoms with van der Waals surface area (Å²) in [5.74, 6) is -0.931. The maximum absolute atomic E-state index is 13.9. The van der Waals surface area contributed by atoms with Crippen LogP contribution < -0.4 is 5.32 Å². The van der Waals surface area contributed by atoms with Gasteiger partial charge in [0.1, 0.15) is 11.6 Å². The molecule has 0 atom stereocenters. The number of nitrogens with zero attached hydrogens (tertiary/aromatic N) is 1. The van der Waals surface area contributed by atoms with Crippen LogP contribution in [-0.4, -0.2) is 6.21 Å². The largest absolute Gasteiger partial charge is 0.361 e. The molecule has 2 N–H and O–H groups in total. The number of allylic oxidation sites excluding steroid dienone is 1. The first-order chi connectivity index (χ1) is 10.1. The van der Waals surface area contributed by atoms with Crippen molar-refractivity contribution in [3.05, 3.63) is 71.4 Å². The highest BCUT2D eigenvalue weighted by molar-refractivity contribution is 6.08. The Bertz CT molecular complexity index is 728. The van der Waals surface area contributed by atoms with E-state index in [2.05, 4.69) is 5.32 Å². The molecule has 0 heterocycles. The Kier molecular flexibility index (Phi) is 4.42. The van der Waals surface area contributed by atoms with E-state index in [1.165, 1.54) is 42.6 Å². The molecule has 0 aliphatic heterocycles. The molecule has 0 saturated heterocycles. The van der Waals surface area contributed by atoms with Gasteiger partial charge in [-0.3, -0.25) is 0 Å². The van der Waals surface area contributed by atoms with Crippen LogP contribution in [0.2, 0.25) is 0 Å². The Morgan fingerprint density at radius 1 is 1.14 bits per heavy atom. The standard InChI is InChI=1S/C16H11F2N3/c17-13-2-4-14(5-3-13)21-10-12(9-20)15-6-1-11(8-19)7-16(15)18/h1-7,9-10,20-21H/b12-10+,20-9?. The Balaban J connectivity index is 2.27. The van der Waals surface area contributed by atoms with Gasteiger partial charge in [-0.25, -0.2) is 8.78 Å². The molecule has 0 saturated carbocycles. The molecule has 0 aliphatic rings. The molecule has 0 radical (unpaired) electrons. The fourth-order valence-electron chi connectivity index (χ4n) is 1.72. The summed E-state index contributed by atoms with van der Waals surface area (Å²) in [6.45, 7) is 0. The van der Waals surface area contributed by atoms with Crippen LogP contribution in [0.4, 0.5) is 14.5 Å². The van der Waals surface area contributed by atoms with E-state index >= 15 is 0 Å². The molecule has 5 heteroatoms. The number of nitriles is 1. The summed E-state index contributed by atoms with van der Waals surface area (Å²) in [4.78, 5) is 0. The lowest BCUT2D eigenvalue weighted by atomic mass is 10.1. The van der Waals surface area contributed by atoms with E-state index in [1.54, 1.807) is 0 Å². The van der Waals surface area contributed by atoms with Crippen LogP contribution in [0, 0.1) is 28.4 Å². The number of hydrogen-bond donors (Lipinski definition) is 2. The van der Waals surface area contributed by atoms with Crippen molar-refractivity contribution in [1.29, 1.82) is 10.7 Å². The number of hydrogen-bond acceptors (Lipinski definition) is 3. The number of nitrogens with one attached hydrogen (secondary N) is 2. The SMILES string of the molecule is N#Cc1ccc(/C(C=N)=C/Nc2ccc(F)cc2)c(F)c1. The van der Waals surface area contributed by atoms with Crippen LogP contribution in [-0.2, 0) is 0 Å². The van der Waals surface area contributed by atoms with Gasteiger partial charge in [0.15, 0.2) is 0 Å². The molecular weight excluding hydrogens is 272 g/mol. The summed E-state index contributed by atoms with van der Waals surface area (Å²) in [6, 6.07) is 11.5. The Morgan fingerprint density at radius 3 is 2.43 bits per heavy atom. The van der Waals surface area contributed by atoms with Crippen LogP contribution in [0.15, 0.2) is 48.7 Å². The lowest BCUT2D eigenvalue weighted by molar-refractivity contribution is 0.624. The van der Waals surface area contributed by atoms with E-state index in [0.717, 1.165) is 12.3 Å². The Hall–Kier alpha value is -3.00. The normalized spacial score (nSPS) is 10.8. The molecule has 0 spiro atoms. The van der Waals surface area contributed by atoms with Gasteiger partial charge in [0.05, 0.1) is 11.6 Å². The van der Waals surface area contributed by atoms with Gasteiger partial charge in [0.2, 0.25) is 0 Å². The maximum Gasteiger partial charge on any atom is 0.132 e. The van der Waals surface area contributed by atoms with Crippen molar-refractivity contribution >= 4 is 17.5 Å². The third-order valence-corrected chi connectivity index (χ3v) is 2.80. The van der Waals surface area contributed by atoms with Gasteiger partial charge in [-0.2, -0.15) is 5.26 Å². The molecule has 104 valence electrons. The second kappa shape index (κ2) is 6.44. The van der Waals surface area contributed by atoms with E-state index in [0.29, 0.717) is 11.3 Å². The molecule has 2 rings (SSSR count). The summed E-state index contributed by atoms with van der Waals surface area (Å²) in [5.41, 5.74) is 1.34. The minimum Gasteiger partial charge on any atom is -0.361 e. The average molecular weight is 283 g/mol. The Morgan fingerprint density at radius 2 is 1.86 bits per heavy atom. The van der Waals surface area contributed by atoms with Gasteiger partial charge in [0.25, 0.3) is 0 Å². The first-order valence-corrected chi connectivity index (χ1v) is 6.07. The van der Waals surface area contributed by atoms with Crippen molar-refractivity contribution in [3.63, 3.8) is 0 Å². The first kappa shape index (κ1) is 14.4. The molecule has 0 amide bonds. The third kappa shape index (κ3) is 3.51. The number of benzene rings is 2. The van der Waals surface area contributed by atoms with Crippen molar-refractivity contribution in [1.82, 2.24) is 0 Å². The second-order valence-electron chi connectivity index (χ2n) is 4.20. The van der Waals surface area contributed by atoms with Crippen LogP contribution in [0.3, 0.4) is 0 Å². The molecule has 0 fully saturated rings. The van der Waals surface area contributed by atoms with E-state index in [1.807, 2.05) is 6.07 Å². The van der Waals surface area contributed by atoms with Crippen molar-refractivity contribution in [3.8, 4) is 6.07 Å². The van der Waals surface area contributed by atoms with Crippen LogP contribution >= 0.6 is 0 Å². The van der Waals surface area contributed by atoms with E-state index in [4.69, 9.17) is 10.7 Å². The summed E-state index contributed by atoms with van der Waals surface area (Å²) in [5, 5.41) is 18.9. The predicted molar refractivity (Wildman–Crippen MR) is 77.9 cm³/mol. The summed E-state index contributed by atoms with van der Waals surface area (Å²) in [6.07, 6.45) is 2.45. The zero-order valence-electron chi connectivity index (χ0n) is 10.9. The zero-order valence-corrected chi connectivity index (χ0v) is 10.9. The van der Waals surface area contributed by atoms with Crippen molar-refractivity contribution in [2.75, 3.05) is 5.32 Å². The molecule has 2 aromatic carbocycles. The lowest BCUT2D eigenvalue weighted by Gasteiger charge is -2.06. The molecule has 3 nitrogen and oxygen atoms in total. The molecule has 2 aromatic rings. The number of anilines is 1. The minimum atomic E-state index is -0.579.